The first-order chi connectivity index (χ1) is 8.68. The van der Waals surface area contributed by atoms with Crippen molar-refractivity contribution in [2.75, 3.05) is 18.9 Å². The van der Waals surface area contributed by atoms with Crippen LogP contribution < -0.4 is 10.5 Å². The quantitative estimate of drug-likeness (QED) is 0.833. The third-order valence-corrected chi connectivity index (χ3v) is 3.39. The van der Waals surface area contributed by atoms with Crippen LogP contribution in [0.3, 0.4) is 0 Å². The van der Waals surface area contributed by atoms with Crippen LogP contribution in [0.1, 0.15) is 26.2 Å². The number of likely N-dealkylation sites (tertiary alicyclic amines) is 1. The Labute approximate surface area is 108 Å². The average molecular weight is 248 g/mol. The summed E-state index contributed by atoms with van der Waals surface area (Å²) in [4.78, 5) is 14.0. The average Bonchev–Trinajstić information content (AvgIpc) is 2.38. The minimum atomic E-state index is 0.0467. The fraction of sp³-hybridized carbons (Fsp3) is 0.500. The van der Waals surface area contributed by atoms with Crippen molar-refractivity contribution >= 4 is 11.6 Å². The number of benzene rings is 1. The summed E-state index contributed by atoms with van der Waals surface area (Å²) < 4.78 is 5.48. The van der Waals surface area contributed by atoms with E-state index >= 15 is 0 Å². The lowest BCUT2D eigenvalue weighted by atomic mass is 10.0. The summed E-state index contributed by atoms with van der Waals surface area (Å²) in [6.45, 7) is 3.00. The molecule has 1 fully saturated rings. The molecule has 1 unspecified atom stereocenters. The number of carbonyl (C=O) groups excluding carboxylic acids is 1. The van der Waals surface area contributed by atoms with Gasteiger partial charge >= 0.3 is 0 Å². The molecule has 0 aromatic heterocycles. The van der Waals surface area contributed by atoms with Crippen LogP contribution in [0.5, 0.6) is 5.75 Å². The molecule has 0 bridgehead atoms. The molecule has 4 heteroatoms. The fourth-order valence-corrected chi connectivity index (χ4v) is 2.30. The Balaban J connectivity index is 1.90. The smallest absolute Gasteiger partial charge is 0.260 e. The van der Waals surface area contributed by atoms with Gasteiger partial charge in [-0.05, 0) is 38.3 Å². The van der Waals surface area contributed by atoms with Crippen LogP contribution in [0.4, 0.5) is 5.69 Å². The van der Waals surface area contributed by atoms with Crippen LogP contribution in [0.2, 0.25) is 0 Å². The Morgan fingerprint density at radius 3 is 2.94 bits per heavy atom. The van der Waals surface area contributed by atoms with E-state index in [0.29, 0.717) is 17.5 Å². The van der Waals surface area contributed by atoms with Crippen LogP contribution in [-0.4, -0.2) is 30.0 Å². The van der Waals surface area contributed by atoms with Gasteiger partial charge in [0.1, 0.15) is 5.75 Å². The molecule has 1 amide bonds. The molecule has 18 heavy (non-hydrogen) atoms. The largest absolute Gasteiger partial charge is 0.482 e. The monoisotopic (exact) mass is 248 g/mol. The van der Waals surface area contributed by atoms with E-state index in [4.69, 9.17) is 10.5 Å². The van der Waals surface area contributed by atoms with E-state index in [1.54, 1.807) is 12.1 Å². The van der Waals surface area contributed by atoms with Gasteiger partial charge in [-0.1, -0.05) is 12.1 Å². The number of nitrogens with two attached hydrogens (primary N) is 1. The molecule has 1 atom stereocenters. The lowest BCUT2D eigenvalue weighted by Gasteiger charge is -2.33. The molecule has 1 heterocycles. The molecule has 2 rings (SSSR count). The van der Waals surface area contributed by atoms with Gasteiger partial charge < -0.3 is 15.4 Å². The lowest BCUT2D eigenvalue weighted by molar-refractivity contribution is -0.136. The number of amides is 1. The molecule has 0 saturated carbocycles. The standard InChI is InChI=1S/C14H20N2O2/c1-11-6-4-5-9-16(11)14(17)10-18-13-8-3-2-7-12(13)15/h2-3,7-8,11H,4-6,9-10,15H2,1H3. The highest BCUT2D eigenvalue weighted by atomic mass is 16.5. The van der Waals surface area contributed by atoms with E-state index < -0.39 is 0 Å². The predicted octanol–water partition coefficient (Wildman–Crippen LogP) is 2.05. The number of nitrogens with zero attached hydrogens (tertiary/aromatic N) is 1. The predicted molar refractivity (Wildman–Crippen MR) is 71.4 cm³/mol. The van der Waals surface area contributed by atoms with Crippen molar-refractivity contribution in [3.05, 3.63) is 24.3 Å². The van der Waals surface area contributed by atoms with Crippen LogP contribution in [-0.2, 0) is 4.79 Å². The van der Waals surface area contributed by atoms with E-state index in [0.717, 1.165) is 19.4 Å². The van der Waals surface area contributed by atoms with Gasteiger partial charge in [0.05, 0.1) is 5.69 Å². The van der Waals surface area contributed by atoms with Crippen molar-refractivity contribution in [3.63, 3.8) is 0 Å². The lowest BCUT2D eigenvalue weighted by Crippen LogP contribution is -2.44. The van der Waals surface area contributed by atoms with E-state index in [2.05, 4.69) is 6.92 Å². The Morgan fingerprint density at radius 2 is 2.22 bits per heavy atom. The molecule has 2 N–H and O–H groups in total. The van der Waals surface area contributed by atoms with Crippen molar-refractivity contribution in [1.29, 1.82) is 0 Å². The molecule has 1 aliphatic heterocycles. The van der Waals surface area contributed by atoms with Gasteiger partial charge in [-0.25, -0.2) is 0 Å². The number of anilines is 1. The zero-order chi connectivity index (χ0) is 13.0. The highest BCUT2D eigenvalue weighted by Gasteiger charge is 2.23. The molecule has 98 valence electrons. The van der Waals surface area contributed by atoms with Crippen LogP contribution in [0.15, 0.2) is 24.3 Å². The Bertz CT molecular complexity index is 420. The molecule has 1 aliphatic rings. The number of hydrogen-bond acceptors (Lipinski definition) is 3. The van der Waals surface area contributed by atoms with Gasteiger partial charge in [0, 0.05) is 12.6 Å². The number of ether oxygens (including phenoxy) is 1. The highest BCUT2D eigenvalue weighted by molar-refractivity contribution is 5.78. The molecule has 1 aromatic carbocycles. The molecule has 4 nitrogen and oxygen atoms in total. The summed E-state index contributed by atoms with van der Waals surface area (Å²) in [6, 6.07) is 7.56. The van der Waals surface area contributed by atoms with Crippen molar-refractivity contribution < 1.29 is 9.53 Å². The van der Waals surface area contributed by atoms with Gasteiger partial charge in [0.2, 0.25) is 0 Å². The molecular formula is C14H20N2O2. The van der Waals surface area contributed by atoms with E-state index in [1.165, 1.54) is 6.42 Å². The minimum absolute atomic E-state index is 0.0467. The first-order valence-corrected chi connectivity index (χ1v) is 6.45. The zero-order valence-corrected chi connectivity index (χ0v) is 10.8. The summed E-state index contributed by atoms with van der Waals surface area (Å²) in [5, 5.41) is 0. The third-order valence-electron chi connectivity index (χ3n) is 3.39. The second-order valence-electron chi connectivity index (χ2n) is 4.76. The summed E-state index contributed by atoms with van der Waals surface area (Å²) in [5.41, 5.74) is 6.33. The molecular weight excluding hydrogens is 228 g/mol. The molecule has 1 saturated heterocycles. The van der Waals surface area contributed by atoms with Gasteiger partial charge in [0.25, 0.3) is 5.91 Å². The van der Waals surface area contributed by atoms with Crippen molar-refractivity contribution in [1.82, 2.24) is 4.90 Å². The third kappa shape index (κ3) is 2.94. The first-order valence-electron chi connectivity index (χ1n) is 6.45. The first kappa shape index (κ1) is 12.7. The summed E-state index contributed by atoms with van der Waals surface area (Å²) >= 11 is 0. The molecule has 0 aliphatic carbocycles. The summed E-state index contributed by atoms with van der Waals surface area (Å²) in [5.74, 6) is 0.626. The maximum absolute atomic E-state index is 12.1. The van der Waals surface area contributed by atoms with Crippen molar-refractivity contribution in [3.8, 4) is 5.75 Å². The van der Waals surface area contributed by atoms with Gasteiger partial charge in [-0.3, -0.25) is 4.79 Å². The Kier molecular flexibility index (Phi) is 4.07. The second kappa shape index (κ2) is 5.76. The topological polar surface area (TPSA) is 55.6 Å². The van der Waals surface area contributed by atoms with E-state index in [-0.39, 0.29) is 12.5 Å². The summed E-state index contributed by atoms with van der Waals surface area (Å²) in [6.07, 6.45) is 3.38. The Hall–Kier alpha value is -1.71. The second-order valence-corrected chi connectivity index (χ2v) is 4.76. The number of carbonyl (C=O) groups is 1. The number of hydrogen-bond donors (Lipinski definition) is 1. The number of nitrogen functional groups attached to an aromatic ring is 1. The fourth-order valence-electron chi connectivity index (χ4n) is 2.30. The maximum Gasteiger partial charge on any atom is 0.260 e. The van der Waals surface area contributed by atoms with Crippen molar-refractivity contribution in [2.45, 2.75) is 32.2 Å². The van der Waals surface area contributed by atoms with Crippen molar-refractivity contribution in [2.24, 2.45) is 0 Å². The SMILES string of the molecule is CC1CCCCN1C(=O)COc1ccccc1N. The van der Waals surface area contributed by atoms with Crippen LogP contribution in [0, 0.1) is 0 Å². The molecule has 1 aromatic rings. The van der Waals surface area contributed by atoms with Crippen LogP contribution in [0.25, 0.3) is 0 Å². The molecule has 0 spiro atoms. The van der Waals surface area contributed by atoms with Gasteiger partial charge in [0.15, 0.2) is 6.61 Å². The number of para-hydroxylation sites is 2. The minimum Gasteiger partial charge on any atom is -0.482 e. The number of piperidine rings is 1. The van der Waals surface area contributed by atoms with E-state index in [1.807, 2.05) is 17.0 Å². The number of rotatable bonds is 3. The van der Waals surface area contributed by atoms with Crippen LogP contribution >= 0.6 is 0 Å². The Morgan fingerprint density at radius 1 is 1.44 bits per heavy atom. The molecule has 0 radical (unpaired) electrons. The van der Waals surface area contributed by atoms with Gasteiger partial charge in [-0.15, -0.1) is 0 Å². The van der Waals surface area contributed by atoms with E-state index in [9.17, 15) is 4.79 Å². The maximum atomic E-state index is 12.1. The normalized spacial score (nSPS) is 19.6. The summed E-state index contributed by atoms with van der Waals surface area (Å²) in [7, 11) is 0. The zero-order valence-electron chi connectivity index (χ0n) is 10.8. The van der Waals surface area contributed by atoms with Gasteiger partial charge in [-0.2, -0.15) is 0 Å². The highest BCUT2D eigenvalue weighted by Crippen LogP contribution is 2.21.